The number of nitrogens with zero attached hydrogens (tertiary/aromatic N) is 3. The van der Waals surface area contributed by atoms with Crippen molar-refractivity contribution in [1.29, 1.82) is 0 Å². The number of sulfonamides is 1. The van der Waals surface area contributed by atoms with Crippen LogP contribution in [0.1, 0.15) is 18.0 Å². The molecule has 154 valence electrons. The van der Waals surface area contributed by atoms with E-state index < -0.39 is 28.2 Å². The van der Waals surface area contributed by atoms with E-state index >= 15 is 0 Å². The second kappa shape index (κ2) is 8.27. The van der Waals surface area contributed by atoms with Crippen LogP contribution in [0.5, 0.6) is 0 Å². The van der Waals surface area contributed by atoms with E-state index in [0.29, 0.717) is 38.3 Å². The van der Waals surface area contributed by atoms with Gasteiger partial charge in [0.1, 0.15) is 5.82 Å². The third kappa shape index (κ3) is 4.09. The van der Waals surface area contributed by atoms with E-state index in [4.69, 9.17) is 4.74 Å². The van der Waals surface area contributed by atoms with Gasteiger partial charge in [0.05, 0.1) is 37.9 Å². The molecule has 3 atom stereocenters. The molecule has 2 aliphatic heterocycles. The van der Waals surface area contributed by atoms with Crippen molar-refractivity contribution in [1.82, 2.24) is 14.2 Å². The van der Waals surface area contributed by atoms with Crippen molar-refractivity contribution in [3.05, 3.63) is 60.2 Å². The van der Waals surface area contributed by atoms with Crippen molar-refractivity contribution in [2.75, 3.05) is 32.8 Å². The average Bonchev–Trinajstić information content (AvgIpc) is 3.21. The predicted molar refractivity (Wildman–Crippen MR) is 103 cm³/mol. The molecular weight excluding hydrogens is 397 g/mol. The highest BCUT2D eigenvalue weighted by atomic mass is 32.3. The summed E-state index contributed by atoms with van der Waals surface area (Å²) in [6.07, 6.45) is 3.15. The van der Waals surface area contributed by atoms with Gasteiger partial charge in [-0.3, -0.25) is 9.78 Å². The molecule has 2 saturated heterocycles. The average molecular weight is 419 g/mol. The van der Waals surface area contributed by atoms with Crippen LogP contribution >= 0.6 is 0 Å². The highest BCUT2D eigenvalue weighted by molar-refractivity contribution is 7.95. The van der Waals surface area contributed by atoms with Gasteiger partial charge in [-0.25, -0.2) is 4.39 Å². The third-order valence-corrected chi connectivity index (χ3v) is 7.28. The van der Waals surface area contributed by atoms with Gasteiger partial charge in [-0.05, 0) is 36.2 Å². The smallest absolute Gasteiger partial charge is 0.227 e. The summed E-state index contributed by atoms with van der Waals surface area (Å²) in [6.45, 7) is 2.06. The van der Waals surface area contributed by atoms with Crippen LogP contribution in [-0.2, 0) is 24.1 Å². The Bertz CT molecular complexity index is 906. The fourth-order valence-corrected chi connectivity index (χ4v) is 5.55. The Labute approximate surface area is 169 Å². The maximum absolute atomic E-state index is 13.4. The molecule has 1 unspecified atom stereocenters. The maximum Gasteiger partial charge on any atom is 0.227 e. The first-order chi connectivity index (χ1) is 14.0. The number of benzene rings is 1. The summed E-state index contributed by atoms with van der Waals surface area (Å²) in [5.41, 5.74) is 0.663. The molecule has 0 spiro atoms. The number of pyridine rings is 1. The molecule has 9 heteroatoms. The molecule has 7 nitrogen and oxygen atoms in total. The molecule has 0 N–H and O–H groups in total. The summed E-state index contributed by atoms with van der Waals surface area (Å²) in [6, 6.07) is 8.27. The quantitative estimate of drug-likeness (QED) is 0.708. The molecule has 0 aliphatic carbocycles. The Kier molecular flexibility index (Phi) is 5.73. The number of carbonyl (C=O) groups is 1. The van der Waals surface area contributed by atoms with E-state index in [1.165, 1.54) is 34.9 Å². The summed E-state index contributed by atoms with van der Waals surface area (Å²) in [4.78, 5) is 18.7. The van der Waals surface area contributed by atoms with E-state index in [1.807, 2.05) is 0 Å². The molecule has 0 radical (unpaired) electrons. The van der Waals surface area contributed by atoms with Gasteiger partial charge in [-0.15, -0.1) is 4.31 Å². The molecule has 2 aliphatic rings. The van der Waals surface area contributed by atoms with Gasteiger partial charge in [0, 0.05) is 19.3 Å². The molecule has 0 saturated carbocycles. The lowest BCUT2D eigenvalue weighted by molar-refractivity contribution is -0.139. The van der Waals surface area contributed by atoms with Crippen LogP contribution in [0.2, 0.25) is 0 Å². The zero-order chi connectivity index (χ0) is 20.4. The summed E-state index contributed by atoms with van der Waals surface area (Å²) in [5, 5.41) is 0. The number of aromatic nitrogens is 1. The molecule has 2 fully saturated rings. The minimum Gasteiger partial charge on any atom is -0.593 e. The van der Waals surface area contributed by atoms with E-state index in [2.05, 4.69) is 4.98 Å². The predicted octanol–water partition coefficient (Wildman–Crippen LogP) is 2.05. The molecule has 1 amide bonds. The molecule has 29 heavy (non-hydrogen) atoms. The van der Waals surface area contributed by atoms with E-state index in [-0.39, 0.29) is 17.3 Å². The van der Waals surface area contributed by atoms with Crippen molar-refractivity contribution in [3.63, 3.8) is 0 Å². The molecule has 1 aromatic heterocycles. The second-order valence-corrected chi connectivity index (χ2v) is 9.09. The van der Waals surface area contributed by atoms with Gasteiger partial charge in [0.2, 0.25) is 5.91 Å². The number of hydrogen-bond donors (Lipinski definition) is 0. The van der Waals surface area contributed by atoms with Crippen LogP contribution in [0.3, 0.4) is 0 Å². The SMILES string of the molecule is O=C([C@@H]1C[C@@H](c2ccc(F)cc2)N([S+](=O)([O-])c2cccnc2)C1)N1CCOCC1. The number of ether oxygens (including phenoxy) is 1. The number of halogens is 1. The van der Waals surface area contributed by atoms with Gasteiger partial charge in [-0.1, -0.05) is 16.3 Å². The lowest BCUT2D eigenvalue weighted by Crippen LogP contribution is -2.45. The molecule has 1 aromatic carbocycles. The van der Waals surface area contributed by atoms with Crippen molar-refractivity contribution >= 4 is 16.3 Å². The zero-order valence-electron chi connectivity index (χ0n) is 15.8. The van der Waals surface area contributed by atoms with Gasteiger partial charge in [0.25, 0.3) is 0 Å². The van der Waals surface area contributed by atoms with Crippen LogP contribution in [0.4, 0.5) is 4.39 Å². The van der Waals surface area contributed by atoms with Crippen molar-refractivity contribution in [2.45, 2.75) is 17.4 Å². The van der Waals surface area contributed by atoms with Gasteiger partial charge >= 0.3 is 0 Å². The van der Waals surface area contributed by atoms with Gasteiger partial charge < -0.3 is 14.2 Å². The standard InChI is InChI=1S/C20H22FN3O4S/c21-17-5-3-15(4-6-17)19-12-16(20(25)23-8-10-28-11-9-23)14-24(19)29(26,27)18-2-1-7-22-13-18/h1-7,13,16,19H,8-12,14H2/t16-,19+/m1/s1. The minimum atomic E-state index is -3.86. The Morgan fingerprint density at radius 3 is 2.59 bits per heavy atom. The maximum atomic E-state index is 13.4. The van der Waals surface area contributed by atoms with Crippen LogP contribution in [0.15, 0.2) is 53.7 Å². The van der Waals surface area contributed by atoms with Crippen LogP contribution < -0.4 is 0 Å². The molecule has 3 heterocycles. The fraction of sp³-hybridized carbons (Fsp3) is 0.400. The van der Waals surface area contributed by atoms with Crippen LogP contribution in [0, 0.1) is 11.7 Å². The molecule has 2 aromatic rings. The highest BCUT2D eigenvalue weighted by Gasteiger charge is 2.48. The Hall–Kier alpha value is -2.20. The molecular formula is C20H22FN3O4S. The number of rotatable bonds is 4. The first kappa shape index (κ1) is 20.1. The summed E-state index contributed by atoms with van der Waals surface area (Å²) in [5.74, 6) is -0.923. The van der Waals surface area contributed by atoms with Crippen LogP contribution in [0.25, 0.3) is 0 Å². The largest absolute Gasteiger partial charge is 0.593 e. The summed E-state index contributed by atoms with van der Waals surface area (Å²) < 4.78 is 46.6. The van der Waals surface area contributed by atoms with E-state index in [9.17, 15) is 17.9 Å². The first-order valence-corrected chi connectivity index (χ1v) is 10.9. The summed E-state index contributed by atoms with van der Waals surface area (Å²) in [7, 11) is -3.86. The monoisotopic (exact) mass is 419 g/mol. The number of morpholine rings is 1. The van der Waals surface area contributed by atoms with Crippen molar-refractivity contribution in [3.8, 4) is 0 Å². The molecule has 0 bridgehead atoms. The normalized spacial score (nSPS) is 25.0. The van der Waals surface area contributed by atoms with E-state index in [1.54, 1.807) is 23.1 Å². The Balaban J connectivity index is 1.65. The number of carbonyl (C=O) groups excluding carboxylic acids is 1. The third-order valence-electron chi connectivity index (χ3n) is 5.42. The lowest BCUT2D eigenvalue weighted by Gasteiger charge is -2.29. The number of amides is 1. The first-order valence-electron chi connectivity index (χ1n) is 9.50. The lowest BCUT2D eigenvalue weighted by atomic mass is 9.99. The zero-order valence-corrected chi connectivity index (χ0v) is 16.6. The van der Waals surface area contributed by atoms with Crippen molar-refractivity contribution in [2.24, 2.45) is 5.92 Å². The minimum absolute atomic E-state index is 0.0655. The number of hydrogen-bond acceptors (Lipinski definition) is 5. The highest BCUT2D eigenvalue weighted by Crippen LogP contribution is 2.42. The topological polar surface area (TPSA) is 85.8 Å². The Morgan fingerprint density at radius 1 is 1.21 bits per heavy atom. The van der Waals surface area contributed by atoms with Crippen molar-refractivity contribution < 1.29 is 22.7 Å². The van der Waals surface area contributed by atoms with Gasteiger partial charge in [0.15, 0.2) is 15.3 Å². The molecule has 4 rings (SSSR count). The second-order valence-electron chi connectivity index (χ2n) is 7.20. The van der Waals surface area contributed by atoms with Gasteiger partial charge in [-0.2, -0.15) is 0 Å². The van der Waals surface area contributed by atoms with Crippen LogP contribution in [-0.4, -0.2) is 57.5 Å². The fourth-order valence-electron chi connectivity index (χ4n) is 3.91. The summed E-state index contributed by atoms with van der Waals surface area (Å²) >= 11 is 0. The van der Waals surface area contributed by atoms with E-state index in [0.717, 1.165) is 0 Å². The Morgan fingerprint density at radius 2 is 1.93 bits per heavy atom.